The van der Waals surface area contributed by atoms with E-state index in [0.717, 1.165) is 11.1 Å². The van der Waals surface area contributed by atoms with Gasteiger partial charge in [0.2, 0.25) is 11.5 Å². The number of ketones is 1. The molecule has 3 rings (SSSR count). The SMILES string of the molecule is CC(C)=CC1=C(C)C(=O)C(OC(=O)[C@H](O)[C@H]2OC(=O)C(O)=C2O)CC1(C)C.O=C1O[C@H]([C@@H](O)C(=O)O)C(O)=C1O. The van der Waals surface area contributed by atoms with Crippen molar-refractivity contribution in [3.8, 4) is 0 Å². The molecule has 0 spiro atoms. The molecular weight excluding hydrogens is 540 g/mol. The summed E-state index contributed by atoms with van der Waals surface area (Å²) in [7, 11) is 0. The second-order valence-electron chi connectivity index (χ2n) is 9.99. The Morgan fingerprint density at radius 1 is 0.925 bits per heavy atom. The third-order valence-electron chi connectivity index (χ3n) is 6.13. The zero-order valence-corrected chi connectivity index (χ0v) is 22.1. The first-order valence-electron chi connectivity index (χ1n) is 11.7. The third kappa shape index (κ3) is 6.43. The largest absolute Gasteiger partial charge is 0.505 e. The number of hydrogen-bond donors (Lipinski definition) is 7. The second-order valence-corrected chi connectivity index (χ2v) is 9.99. The Morgan fingerprint density at radius 2 is 1.38 bits per heavy atom. The first-order chi connectivity index (χ1) is 18.3. The molecule has 0 radical (unpaired) electrons. The minimum Gasteiger partial charge on any atom is -0.505 e. The molecule has 2 aliphatic heterocycles. The highest BCUT2D eigenvalue weighted by Gasteiger charge is 2.46. The maximum Gasteiger partial charge on any atom is 0.378 e. The molecule has 0 aromatic rings. The lowest BCUT2D eigenvalue weighted by atomic mass is 9.70. The third-order valence-corrected chi connectivity index (χ3v) is 6.13. The summed E-state index contributed by atoms with van der Waals surface area (Å²) in [5, 5.41) is 63.6. The number of cyclic esters (lactones) is 2. The Kier molecular flexibility index (Phi) is 9.39. The van der Waals surface area contributed by atoms with Gasteiger partial charge in [0.15, 0.2) is 47.8 Å². The number of hydrogen-bond acceptors (Lipinski definition) is 14. The van der Waals surface area contributed by atoms with Crippen LogP contribution in [0.1, 0.15) is 41.0 Å². The lowest BCUT2D eigenvalue weighted by Gasteiger charge is -2.36. The number of aliphatic hydroxyl groups excluding tert-OH is 6. The van der Waals surface area contributed by atoms with Crippen molar-refractivity contribution < 1.29 is 73.9 Å². The van der Waals surface area contributed by atoms with Crippen LogP contribution in [-0.4, -0.2) is 95.9 Å². The molecule has 40 heavy (non-hydrogen) atoms. The fourth-order valence-corrected chi connectivity index (χ4v) is 4.06. The topological polar surface area (TPSA) is 255 Å². The van der Waals surface area contributed by atoms with Gasteiger partial charge in [-0.05, 0) is 37.3 Å². The Labute approximate surface area is 226 Å². The lowest BCUT2D eigenvalue weighted by molar-refractivity contribution is -0.172. The minimum absolute atomic E-state index is 0.207. The van der Waals surface area contributed by atoms with Gasteiger partial charge in [-0.2, -0.15) is 0 Å². The summed E-state index contributed by atoms with van der Waals surface area (Å²) in [4.78, 5) is 56.8. The maximum absolute atomic E-state index is 12.6. The van der Waals surface area contributed by atoms with E-state index in [4.69, 9.17) is 25.2 Å². The van der Waals surface area contributed by atoms with E-state index in [1.807, 2.05) is 33.8 Å². The molecule has 2 heterocycles. The summed E-state index contributed by atoms with van der Waals surface area (Å²) in [6.07, 6.45) is -6.65. The standard InChI is InChI=1S/C19H24O8.C6H6O7/c1-8(2)6-10-9(3)12(20)11(7-19(10,4)5)26-18(25)15(23)16-13(21)14(22)17(24)27-16;7-1-2(8)6(12)13-4(1)3(9)5(10)11/h6,11,15-16,21-23H,7H2,1-5H3;3-4,7-9H,(H,10,11)/t11?,15-,16+;3-,4+/m11/s1. The molecule has 1 aliphatic carbocycles. The highest BCUT2D eigenvalue weighted by molar-refractivity contribution is 6.02. The van der Waals surface area contributed by atoms with Gasteiger partial charge in [-0.25, -0.2) is 19.2 Å². The van der Waals surface area contributed by atoms with Crippen LogP contribution in [0.25, 0.3) is 0 Å². The van der Waals surface area contributed by atoms with E-state index in [1.165, 1.54) is 0 Å². The normalized spacial score (nSPS) is 25.5. The number of carbonyl (C=O) groups excluding carboxylic acids is 4. The number of aliphatic hydroxyl groups is 6. The van der Waals surface area contributed by atoms with Gasteiger partial charge >= 0.3 is 23.9 Å². The number of Topliss-reactive ketones (excluding diaryl/α,β-unsaturated/α-hetero) is 1. The molecule has 15 heteroatoms. The molecule has 15 nitrogen and oxygen atoms in total. The number of carboxylic acids is 1. The average molecular weight is 571 g/mol. The van der Waals surface area contributed by atoms with Crippen LogP contribution >= 0.6 is 0 Å². The first-order valence-corrected chi connectivity index (χ1v) is 11.7. The lowest BCUT2D eigenvalue weighted by Crippen LogP contribution is -2.44. The number of rotatable bonds is 6. The van der Waals surface area contributed by atoms with Crippen molar-refractivity contribution in [1.29, 1.82) is 0 Å². The molecule has 5 atom stereocenters. The Bertz CT molecular complexity index is 1240. The number of carbonyl (C=O) groups is 5. The summed E-state index contributed by atoms with van der Waals surface area (Å²) >= 11 is 0. The summed E-state index contributed by atoms with van der Waals surface area (Å²) in [6, 6.07) is 0. The second kappa shape index (κ2) is 11.8. The van der Waals surface area contributed by atoms with Crippen LogP contribution in [0.15, 0.2) is 45.8 Å². The molecular formula is C25H30O15. The van der Waals surface area contributed by atoms with E-state index in [-0.39, 0.29) is 12.2 Å². The molecule has 7 N–H and O–H groups in total. The van der Waals surface area contributed by atoms with E-state index in [0.29, 0.717) is 5.57 Å². The van der Waals surface area contributed by atoms with E-state index < -0.39 is 82.8 Å². The van der Waals surface area contributed by atoms with Crippen molar-refractivity contribution in [3.63, 3.8) is 0 Å². The summed E-state index contributed by atoms with van der Waals surface area (Å²) < 4.78 is 13.9. The van der Waals surface area contributed by atoms with Crippen molar-refractivity contribution in [2.24, 2.45) is 5.41 Å². The Balaban J connectivity index is 0.000000360. The van der Waals surface area contributed by atoms with Crippen LogP contribution in [0, 0.1) is 5.41 Å². The fourth-order valence-electron chi connectivity index (χ4n) is 4.06. The average Bonchev–Trinajstić information content (AvgIpc) is 3.28. The smallest absolute Gasteiger partial charge is 0.378 e. The molecule has 0 saturated heterocycles. The molecule has 0 bridgehead atoms. The fraction of sp³-hybridized carbons (Fsp3) is 0.480. The van der Waals surface area contributed by atoms with Gasteiger partial charge in [0, 0.05) is 6.42 Å². The molecule has 3 aliphatic rings. The van der Waals surface area contributed by atoms with Crippen LogP contribution in [0.5, 0.6) is 0 Å². The zero-order chi connectivity index (χ0) is 30.9. The number of esters is 3. The van der Waals surface area contributed by atoms with Gasteiger partial charge in [0.1, 0.15) is 0 Å². The molecule has 0 fully saturated rings. The van der Waals surface area contributed by atoms with Crippen molar-refractivity contribution in [2.45, 2.75) is 71.6 Å². The Hall–Kier alpha value is -4.37. The molecule has 220 valence electrons. The zero-order valence-electron chi connectivity index (χ0n) is 22.1. The van der Waals surface area contributed by atoms with Crippen LogP contribution < -0.4 is 0 Å². The summed E-state index contributed by atoms with van der Waals surface area (Å²) in [5.74, 6) is -9.89. The number of carboxylic acid groups (broad SMARTS) is 1. The summed E-state index contributed by atoms with van der Waals surface area (Å²) in [5.41, 5.74) is 1.90. The minimum atomic E-state index is -2.09. The Morgan fingerprint density at radius 3 is 1.75 bits per heavy atom. The molecule has 0 aromatic carbocycles. The molecule has 0 aromatic heterocycles. The van der Waals surface area contributed by atoms with Gasteiger partial charge in [-0.15, -0.1) is 0 Å². The number of allylic oxidation sites excluding steroid dienone is 3. The summed E-state index contributed by atoms with van der Waals surface area (Å²) in [6.45, 7) is 9.32. The molecule has 0 amide bonds. The number of ether oxygens (including phenoxy) is 3. The highest BCUT2D eigenvalue weighted by Crippen LogP contribution is 2.41. The molecule has 1 unspecified atom stereocenters. The van der Waals surface area contributed by atoms with Crippen LogP contribution in [0.3, 0.4) is 0 Å². The van der Waals surface area contributed by atoms with Gasteiger partial charge in [-0.3, -0.25) is 4.79 Å². The van der Waals surface area contributed by atoms with Crippen molar-refractivity contribution in [1.82, 2.24) is 0 Å². The van der Waals surface area contributed by atoms with Crippen LogP contribution in [0.4, 0.5) is 0 Å². The van der Waals surface area contributed by atoms with Crippen LogP contribution in [0.2, 0.25) is 0 Å². The molecule has 0 saturated carbocycles. The maximum atomic E-state index is 12.6. The van der Waals surface area contributed by atoms with Crippen LogP contribution in [-0.2, 0) is 38.2 Å². The predicted octanol–water partition coefficient (Wildman–Crippen LogP) is 0.479. The highest BCUT2D eigenvalue weighted by atomic mass is 16.6. The van der Waals surface area contributed by atoms with Gasteiger partial charge in [0.25, 0.3) is 0 Å². The monoisotopic (exact) mass is 570 g/mol. The van der Waals surface area contributed by atoms with Crippen molar-refractivity contribution in [3.05, 3.63) is 45.8 Å². The first kappa shape index (κ1) is 31.8. The van der Waals surface area contributed by atoms with E-state index in [2.05, 4.69) is 9.47 Å². The van der Waals surface area contributed by atoms with Crippen molar-refractivity contribution in [2.75, 3.05) is 0 Å². The van der Waals surface area contributed by atoms with Gasteiger partial charge < -0.3 is 50.0 Å². The van der Waals surface area contributed by atoms with Gasteiger partial charge in [0.05, 0.1) is 0 Å². The van der Waals surface area contributed by atoms with Crippen molar-refractivity contribution >= 4 is 29.7 Å². The number of aliphatic carboxylic acids is 1. The quantitative estimate of drug-likeness (QED) is 0.169. The van der Waals surface area contributed by atoms with Gasteiger partial charge in [-0.1, -0.05) is 25.5 Å². The van der Waals surface area contributed by atoms with E-state index in [9.17, 15) is 39.3 Å². The predicted molar refractivity (Wildman–Crippen MR) is 129 cm³/mol. The van der Waals surface area contributed by atoms with E-state index in [1.54, 1.807) is 6.92 Å². The van der Waals surface area contributed by atoms with E-state index >= 15 is 0 Å².